The molecular formula is C23H24N4O3. The molecule has 1 N–H and O–H groups in total. The number of ketones is 1. The Morgan fingerprint density at radius 3 is 2.63 bits per heavy atom. The van der Waals surface area contributed by atoms with E-state index in [4.69, 9.17) is 0 Å². The molecular weight excluding hydrogens is 380 g/mol. The average molecular weight is 404 g/mol. The molecule has 1 aliphatic heterocycles. The number of para-hydroxylation sites is 1. The van der Waals surface area contributed by atoms with E-state index >= 15 is 0 Å². The third-order valence-electron chi connectivity index (χ3n) is 5.48. The Morgan fingerprint density at radius 2 is 1.93 bits per heavy atom. The fourth-order valence-electron chi connectivity index (χ4n) is 3.98. The quantitative estimate of drug-likeness (QED) is 0.402. The maximum absolute atomic E-state index is 13.1. The van der Waals surface area contributed by atoms with Gasteiger partial charge in [-0.25, -0.2) is 0 Å². The standard InChI is InChI=1S/C23H24N4O3/c1-25(2)11-12-27-20(15-7-6-10-24-13-15)19(22(29)23(27)30)21(28)17-14-26(3)18-9-5-4-8-16(17)18/h4-10,13-14,20,28H,11-12H2,1-3H3/b21-19+/t20-/m0/s1. The van der Waals surface area contributed by atoms with Crippen molar-refractivity contribution in [1.29, 1.82) is 0 Å². The maximum atomic E-state index is 13.1. The summed E-state index contributed by atoms with van der Waals surface area (Å²) in [5, 5.41) is 12.1. The van der Waals surface area contributed by atoms with Crippen LogP contribution in [0.2, 0.25) is 0 Å². The molecule has 7 heteroatoms. The number of carbonyl (C=O) groups excluding carboxylic acids is 2. The third-order valence-corrected chi connectivity index (χ3v) is 5.48. The van der Waals surface area contributed by atoms with Gasteiger partial charge in [-0.15, -0.1) is 0 Å². The Kier molecular flexibility index (Phi) is 5.13. The number of aliphatic hydroxyl groups excluding tert-OH is 1. The number of pyridine rings is 1. The molecule has 1 saturated heterocycles. The zero-order valence-corrected chi connectivity index (χ0v) is 17.2. The van der Waals surface area contributed by atoms with Crippen molar-refractivity contribution in [2.45, 2.75) is 6.04 Å². The normalized spacial score (nSPS) is 18.7. The highest BCUT2D eigenvalue weighted by Gasteiger charge is 2.46. The van der Waals surface area contributed by atoms with E-state index in [0.717, 1.165) is 10.9 Å². The molecule has 1 amide bonds. The highest BCUT2D eigenvalue weighted by molar-refractivity contribution is 6.46. The van der Waals surface area contributed by atoms with E-state index in [0.29, 0.717) is 24.2 Å². The predicted molar refractivity (Wildman–Crippen MR) is 115 cm³/mol. The first-order valence-corrected chi connectivity index (χ1v) is 9.77. The topological polar surface area (TPSA) is 78.7 Å². The predicted octanol–water partition coefficient (Wildman–Crippen LogP) is 2.56. The lowest BCUT2D eigenvalue weighted by atomic mass is 9.96. The van der Waals surface area contributed by atoms with Gasteiger partial charge in [0.25, 0.3) is 11.7 Å². The summed E-state index contributed by atoms with van der Waals surface area (Å²) in [6, 6.07) is 10.5. The summed E-state index contributed by atoms with van der Waals surface area (Å²) in [5.41, 5.74) is 2.26. The van der Waals surface area contributed by atoms with Crippen molar-refractivity contribution < 1.29 is 14.7 Å². The van der Waals surface area contributed by atoms with Gasteiger partial charge in [-0.3, -0.25) is 14.6 Å². The van der Waals surface area contributed by atoms with Crippen molar-refractivity contribution >= 4 is 28.4 Å². The SMILES string of the molecule is CN(C)CCN1C(=O)C(=O)/C(=C(/O)c2cn(C)c3ccccc23)[C@@H]1c1cccnc1. The number of aromatic nitrogens is 2. The highest BCUT2D eigenvalue weighted by atomic mass is 16.3. The van der Waals surface area contributed by atoms with Crippen LogP contribution < -0.4 is 0 Å². The fourth-order valence-corrected chi connectivity index (χ4v) is 3.98. The van der Waals surface area contributed by atoms with Crippen LogP contribution in [0.4, 0.5) is 0 Å². The molecule has 3 aromatic rings. The summed E-state index contributed by atoms with van der Waals surface area (Å²) < 4.78 is 1.89. The van der Waals surface area contributed by atoms with Crippen LogP contribution in [-0.4, -0.2) is 63.3 Å². The Labute approximate surface area is 174 Å². The number of hydrogen-bond donors (Lipinski definition) is 1. The largest absolute Gasteiger partial charge is 0.507 e. The van der Waals surface area contributed by atoms with Gasteiger partial charge in [0.15, 0.2) is 0 Å². The zero-order chi connectivity index (χ0) is 21.4. The number of rotatable bonds is 5. The molecule has 7 nitrogen and oxygen atoms in total. The molecule has 0 aliphatic carbocycles. The molecule has 0 unspecified atom stereocenters. The lowest BCUT2D eigenvalue weighted by Crippen LogP contribution is -2.35. The molecule has 3 heterocycles. The van der Waals surface area contributed by atoms with Crippen LogP contribution in [0.1, 0.15) is 17.2 Å². The number of aliphatic hydroxyl groups is 1. The minimum atomic E-state index is -0.683. The Balaban J connectivity index is 1.91. The molecule has 30 heavy (non-hydrogen) atoms. The number of amides is 1. The van der Waals surface area contributed by atoms with Gasteiger partial charge in [-0.1, -0.05) is 24.3 Å². The number of carbonyl (C=O) groups is 2. The smallest absolute Gasteiger partial charge is 0.295 e. The van der Waals surface area contributed by atoms with E-state index < -0.39 is 17.7 Å². The summed E-state index contributed by atoms with van der Waals surface area (Å²) in [5.74, 6) is -1.44. The molecule has 1 atom stereocenters. The first kappa shape index (κ1) is 19.8. The van der Waals surface area contributed by atoms with E-state index in [1.54, 1.807) is 24.7 Å². The van der Waals surface area contributed by atoms with E-state index in [-0.39, 0.29) is 11.3 Å². The Bertz CT molecular complexity index is 1150. The molecule has 0 spiro atoms. The van der Waals surface area contributed by atoms with Crippen molar-refractivity contribution in [2.24, 2.45) is 7.05 Å². The van der Waals surface area contributed by atoms with Crippen molar-refractivity contribution in [3.63, 3.8) is 0 Å². The summed E-state index contributed by atoms with van der Waals surface area (Å²) in [4.78, 5) is 33.6. The van der Waals surface area contributed by atoms with E-state index in [2.05, 4.69) is 4.98 Å². The molecule has 1 aliphatic rings. The van der Waals surface area contributed by atoms with Crippen LogP contribution >= 0.6 is 0 Å². The minimum Gasteiger partial charge on any atom is -0.507 e. The van der Waals surface area contributed by atoms with Crippen LogP contribution in [0.5, 0.6) is 0 Å². The van der Waals surface area contributed by atoms with Crippen molar-refractivity contribution in [3.8, 4) is 0 Å². The van der Waals surface area contributed by atoms with Crippen LogP contribution in [0.15, 0.2) is 60.6 Å². The average Bonchev–Trinajstić information content (AvgIpc) is 3.21. The Hall–Kier alpha value is -3.45. The van der Waals surface area contributed by atoms with E-state index in [9.17, 15) is 14.7 Å². The monoisotopic (exact) mass is 404 g/mol. The molecule has 1 aromatic carbocycles. The van der Waals surface area contributed by atoms with Gasteiger partial charge in [-0.2, -0.15) is 0 Å². The van der Waals surface area contributed by atoms with Crippen LogP contribution in [0.3, 0.4) is 0 Å². The zero-order valence-electron chi connectivity index (χ0n) is 17.2. The second kappa shape index (κ2) is 7.76. The van der Waals surface area contributed by atoms with E-state index in [1.807, 2.05) is 60.9 Å². The number of nitrogens with zero attached hydrogens (tertiary/aromatic N) is 4. The number of hydrogen-bond acceptors (Lipinski definition) is 5. The highest BCUT2D eigenvalue weighted by Crippen LogP contribution is 2.40. The molecule has 4 rings (SSSR count). The van der Waals surface area contributed by atoms with Crippen molar-refractivity contribution in [3.05, 3.63) is 71.7 Å². The molecule has 2 aromatic heterocycles. The second-order valence-corrected chi connectivity index (χ2v) is 7.75. The Morgan fingerprint density at radius 1 is 1.17 bits per heavy atom. The third kappa shape index (κ3) is 3.27. The maximum Gasteiger partial charge on any atom is 0.295 e. The molecule has 0 bridgehead atoms. The summed E-state index contributed by atoms with van der Waals surface area (Å²) >= 11 is 0. The van der Waals surface area contributed by atoms with Crippen LogP contribution in [0, 0.1) is 0 Å². The van der Waals surface area contributed by atoms with Gasteiger partial charge < -0.3 is 19.5 Å². The molecule has 0 radical (unpaired) electrons. The number of benzene rings is 1. The number of aryl methyl sites for hydroxylation is 1. The summed E-state index contributed by atoms with van der Waals surface area (Å²) in [7, 11) is 5.70. The molecule has 154 valence electrons. The first-order valence-electron chi connectivity index (χ1n) is 9.77. The lowest BCUT2D eigenvalue weighted by Gasteiger charge is -2.26. The van der Waals surface area contributed by atoms with E-state index in [1.165, 1.54) is 4.90 Å². The first-order chi connectivity index (χ1) is 14.4. The van der Waals surface area contributed by atoms with Gasteiger partial charge >= 0.3 is 0 Å². The van der Waals surface area contributed by atoms with Gasteiger partial charge in [0.1, 0.15) is 5.76 Å². The fraction of sp³-hybridized carbons (Fsp3) is 0.261. The number of likely N-dealkylation sites (N-methyl/N-ethyl adjacent to an activating group) is 1. The van der Waals surface area contributed by atoms with Gasteiger partial charge in [0.2, 0.25) is 0 Å². The van der Waals surface area contributed by atoms with Gasteiger partial charge in [-0.05, 0) is 31.8 Å². The van der Waals surface area contributed by atoms with Gasteiger partial charge in [0.05, 0.1) is 11.6 Å². The molecule has 0 saturated carbocycles. The number of likely N-dealkylation sites (tertiary alicyclic amines) is 1. The molecule has 1 fully saturated rings. The van der Waals surface area contributed by atoms with Crippen LogP contribution in [0.25, 0.3) is 16.7 Å². The summed E-state index contributed by atoms with van der Waals surface area (Å²) in [6.45, 7) is 0.960. The van der Waals surface area contributed by atoms with Gasteiger partial charge in [0, 0.05) is 55.2 Å². The van der Waals surface area contributed by atoms with Crippen LogP contribution in [-0.2, 0) is 16.6 Å². The summed E-state index contributed by atoms with van der Waals surface area (Å²) in [6.07, 6.45) is 5.06. The lowest BCUT2D eigenvalue weighted by molar-refractivity contribution is -0.140. The van der Waals surface area contributed by atoms with Crippen molar-refractivity contribution in [1.82, 2.24) is 19.4 Å². The number of Topliss-reactive ketones (excluding diaryl/α,β-unsaturated/α-hetero) is 1. The van der Waals surface area contributed by atoms with Crippen molar-refractivity contribution in [2.75, 3.05) is 27.2 Å². The second-order valence-electron chi connectivity index (χ2n) is 7.75. The number of fused-ring (bicyclic) bond motifs is 1. The minimum absolute atomic E-state index is 0.100.